The molecule has 150 valence electrons. The molecular formula is C21H25ClN2O3S. The summed E-state index contributed by atoms with van der Waals surface area (Å²) < 4.78 is 11.1. The molecule has 0 N–H and O–H groups in total. The molecule has 2 aromatic rings. The van der Waals surface area contributed by atoms with Gasteiger partial charge in [0.05, 0.1) is 43.4 Å². The molecule has 4 rings (SSSR count). The van der Waals surface area contributed by atoms with Crippen molar-refractivity contribution in [2.24, 2.45) is 0 Å². The lowest BCUT2D eigenvalue weighted by atomic mass is 9.91. The standard InChI is InChI=1S/C21H25ClN2O3S/c22-17-5-3-16(4-6-17)19(23-7-11-26-12-8-23)20(24-9-13-27-14-10-24)21(25)18-2-1-15-28-18/h1-6,15,19-20H,7-14H2/t19-,20-/m1/s1. The van der Waals surface area contributed by atoms with Crippen LogP contribution >= 0.6 is 22.9 Å². The van der Waals surface area contributed by atoms with Crippen molar-refractivity contribution in [2.45, 2.75) is 12.1 Å². The molecule has 7 heteroatoms. The summed E-state index contributed by atoms with van der Waals surface area (Å²) in [6.07, 6.45) is 0. The number of hydrogen-bond acceptors (Lipinski definition) is 6. The Kier molecular flexibility index (Phi) is 6.77. The van der Waals surface area contributed by atoms with Gasteiger partial charge in [-0.1, -0.05) is 29.8 Å². The molecule has 0 spiro atoms. The highest BCUT2D eigenvalue weighted by Gasteiger charge is 2.40. The van der Waals surface area contributed by atoms with Crippen LogP contribution in [-0.4, -0.2) is 74.2 Å². The second kappa shape index (κ2) is 9.48. The Morgan fingerprint density at radius 2 is 1.54 bits per heavy atom. The van der Waals surface area contributed by atoms with Crippen molar-refractivity contribution >= 4 is 28.7 Å². The third-order valence-corrected chi connectivity index (χ3v) is 6.56. The van der Waals surface area contributed by atoms with Crippen LogP contribution in [0, 0.1) is 0 Å². The van der Waals surface area contributed by atoms with Crippen LogP contribution in [0.15, 0.2) is 41.8 Å². The fourth-order valence-corrected chi connectivity index (χ4v) is 4.86. The maximum atomic E-state index is 13.7. The predicted molar refractivity (Wildman–Crippen MR) is 111 cm³/mol. The van der Waals surface area contributed by atoms with E-state index in [1.807, 2.05) is 29.6 Å². The number of carbonyl (C=O) groups excluding carboxylic acids is 1. The van der Waals surface area contributed by atoms with Crippen molar-refractivity contribution in [3.63, 3.8) is 0 Å². The first-order valence-corrected chi connectivity index (χ1v) is 11.0. The van der Waals surface area contributed by atoms with Crippen molar-refractivity contribution in [3.05, 3.63) is 57.2 Å². The van der Waals surface area contributed by atoms with E-state index in [9.17, 15) is 4.79 Å². The first-order valence-electron chi connectivity index (χ1n) is 9.71. The van der Waals surface area contributed by atoms with Crippen LogP contribution in [0.3, 0.4) is 0 Å². The van der Waals surface area contributed by atoms with Gasteiger partial charge in [-0.15, -0.1) is 11.3 Å². The van der Waals surface area contributed by atoms with E-state index in [4.69, 9.17) is 21.1 Å². The summed E-state index contributed by atoms with van der Waals surface area (Å²) in [4.78, 5) is 19.2. The largest absolute Gasteiger partial charge is 0.379 e. The maximum absolute atomic E-state index is 13.7. The zero-order chi connectivity index (χ0) is 19.3. The number of halogens is 1. The lowest BCUT2D eigenvalue weighted by molar-refractivity contribution is -0.0300. The molecule has 5 nitrogen and oxygen atoms in total. The van der Waals surface area contributed by atoms with Gasteiger partial charge in [-0.05, 0) is 29.1 Å². The van der Waals surface area contributed by atoms with Gasteiger partial charge in [0.2, 0.25) is 0 Å². The molecule has 1 aromatic carbocycles. The zero-order valence-electron chi connectivity index (χ0n) is 15.8. The molecule has 0 aliphatic carbocycles. The van der Waals surface area contributed by atoms with E-state index in [0.717, 1.165) is 36.6 Å². The quantitative estimate of drug-likeness (QED) is 0.670. The minimum absolute atomic E-state index is 0.0473. The topological polar surface area (TPSA) is 42.0 Å². The van der Waals surface area contributed by atoms with Crippen LogP contribution in [-0.2, 0) is 9.47 Å². The lowest BCUT2D eigenvalue weighted by Crippen LogP contribution is -2.55. The summed E-state index contributed by atoms with van der Waals surface area (Å²) in [5, 5.41) is 2.67. The molecule has 3 heterocycles. The molecule has 2 saturated heterocycles. The molecule has 0 radical (unpaired) electrons. The minimum atomic E-state index is -0.262. The Morgan fingerprint density at radius 1 is 0.929 bits per heavy atom. The summed E-state index contributed by atoms with van der Waals surface area (Å²) in [5.41, 5.74) is 1.12. The number of carbonyl (C=O) groups is 1. The third kappa shape index (κ3) is 4.48. The summed E-state index contributed by atoms with van der Waals surface area (Å²) in [6, 6.07) is 11.5. The van der Waals surface area contributed by atoms with Crippen molar-refractivity contribution < 1.29 is 14.3 Å². The average Bonchev–Trinajstić information content (AvgIpc) is 3.29. The van der Waals surface area contributed by atoms with Gasteiger partial charge in [0.1, 0.15) is 0 Å². The summed E-state index contributed by atoms with van der Waals surface area (Å²) in [6.45, 7) is 5.83. The second-order valence-corrected chi connectivity index (χ2v) is 8.46. The second-order valence-electron chi connectivity index (χ2n) is 7.08. The van der Waals surface area contributed by atoms with Crippen LogP contribution in [0.1, 0.15) is 21.3 Å². The highest BCUT2D eigenvalue weighted by atomic mass is 35.5. The normalized spacial score (nSPS) is 21.3. The Morgan fingerprint density at radius 3 is 2.11 bits per heavy atom. The SMILES string of the molecule is O=C(c1cccs1)[C@@H]([C@@H](c1ccc(Cl)cc1)N1CCOCC1)N1CCOCC1. The molecule has 2 aliphatic rings. The monoisotopic (exact) mass is 420 g/mol. The van der Waals surface area contributed by atoms with Gasteiger partial charge < -0.3 is 9.47 Å². The fraction of sp³-hybridized carbons (Fsp3) is 0.476. The van der Waals surface area contributed by atoms with Crippen LogP contribution in [0.5, 0.6) is 0 Å². The highest BCUT2D eigenvalue weighted by molar-refractivity contribution is 7.12. The van der Waals surface area contributed by atoms with Crippen LogP contribution < -0.4 is 0 Å². The van der Waals surface area contributed by atoms with Crippen molar-refractivity contribution in [2.75, 3.05) is 52.6 Å². The first-order chi connectivity index (χ1) is 13.7. The first kappa shape index (κ1) is 20.0. The van der Waals surface area contributed by atoms with E-state index < -0.39 is 0 Å². The summed E-state index contributed by atoms with van der Waals surface area (Å²) in [7, 11) is 0. The van der Waals surface area contributed by atoms with Crippen molar-refractivity contribution in [3.8, 4) is 0 Å². The van der Waals surface area contributed by atoms with Crippen molar-refractivity contribution in [1.82, 2.24) is 9.80 Å². The van der Waals surface area contributed by atoms with Crippen LogP contribution in [0.2, 0.25) is 5.02 Å². The van der Waals surface area contributed by atoms with Gasteiger partial charge in [-0.3, -0.25) is 14.6 Å². The number of Topliss-reactive ketones (excluding diaryl/α,β-unsaturated/α-hetero) is 1. The Hall–Kier alpha value is -1.28. The molecule has 1 aromatic heterocycles. The Bertz CT molecular complexity index is 756. The lowest BCUT2D eigenvalue weighted by Gasteiger charge is -2.44. The van der Waals surface area contributed by atoms with Gasteiger partial charge in [0.25, 0.3) is 0 Å². The molecule has 2 atom stereocenters. The molecular weight excluding hydrogens is 396 g/mol. The Labute approximate surface area is 174 Å². The van der Waals surface area contributed by atoms with Crippen LogP contribution in [0.25, 0.3) is 0 Å². The molecule has 0 bridgehead atoms. The van der Waals surface area contributed by atoms with E-state index in [2.05, 4.69) is 21.9 Å². The number of hydrogen-bond donors (Lipinski definition) is 0. The fourth-order valence-electron chi connectivity index (χ4n) is 4.04. The minimum Gasteiger partial charge on any atom is -0.379 e. The predicted octanol–water partition coefficient (Wildman–Crippen LogP) is 3.36. The van der Waals surface area contributed by atoms with E-state index in [1.54, 1.807) is 0 Å². The Balaban J connectivity index is 1.74. The summed E-state index contributed by atoms with van der Waals surface area (Å²) >= 11 is 7.66. The molecule has 0 saturated carbocycles. The number of benzene rings is 1. The third-order valence-electron chi connectivity index (χ3n) is 5.42. The van der Waals surface area contributed by atoms with E-state index >= 15 is 0 Å². The number of ether oxygens (including phenoxy) is 2. The van der Waals surface area contributed by atoms with Gasteiger partial charge >= 0.3 is 0 Å². The van der Waals surface area contributed by atoms with Crippen LogP contribution in [0.4, 0.5) is 0 Å². The van der Waals surface area contributed by atoms with E-state index in [-0.39, 0.29) is 17.9 Å². The van der Waals surface area contributed by atoms with E-state index in [0.29, 0.717) is 31.5 Å². The number of nitrogens with zero attached hydrogens (tertiary/aromatic N) is 2. The molecule has 28 heavy (non-hydrogen) atoms. The molecule has 2 fully saturated rings. The number of morpholine rings is 2. The molecule has 0 unspecified atom stereocenters. The van der Waals surface area contributed by atoms with Crippen molar-refractivity contribution in [1.29, 1.82) is 0 Å². The van der Waals surface area contributed by atoms with E-state index in [1.165, 1.54) is 11.3 Å². The van der Waals surface area contributed by atoms with Gasteiger partial charge in [0.15, 0.2) is 5.78 Å². The maximum Gasteiger partial charge on any atom is 0.191 e. The zero-order valence-corrected chi connectivity index (χ0v) is 17.3. The number of ketones is 1. The van der Waals surface area contributed by atoms with Gasteiger partial charge in [-0.2, -0.15) is 0 Å². The molecule has 2 aliphatic heterocycles. The average molecular weight is 421 g/mol. The number of thiophene rings is 1. The molecule has 0 amide bonds. The summed E-state index contributed by atoms with van der Waals surface area (Å²) in [5.74, 6) is 0.184. The highest BCUT2D eigenvalue weighted by Crippen LogP contribution is 2.33. The van der Waals surface area contributed by atoms with Gasteiger partial charge in [-0.25, -0.2) is 0 Å². The van der Waals surface area contributed by atoms with Gasteiger partial charge in [0, 0.05) is 31.2 Å². The smallest absolute Gasteiger partial charge is 0.191 e. The number of rotatable bonds is 6.